The number of unbranched alkanes of at least 4 members (excludes halogenated alkanes) is 2. The molecule has 0 aromatic carbocycles. The minimum atomic E-state index is -0.224. The Hall–Kier alpha value is -4.13. The van der Waals surface area contributed by atoms with Gasteiger partial charge in [0.15, 0.2) is 0 Å². The molecule has 0 aliphatic heterocycles. The Labute approximate surface area is 454 Å². The van der Waals surface area contributed by atoms with Crippen molar-refractivity contribution in [3.05, 3.63) is 23.3 Å². The van der Waals surface area contributed by atoms with E-state index in [9.17, 15) is 0 Å². The van der Waals surface area contributed by atoms with Crippen molar-refractivity contribution < 1.29 is 14.2 Å². The summed E-state index contributed by atoms with van der Waals surface area (Å²) in [5.41, 5.74) is 5.06. The molecule has 0 radical (unpaired) electrons. The zero-order valence-electron chi connectivity index (χ0n) is 51.0. The van der Waals surface area contributed by atoms with Crippen LogP contribution in [0.15, 0.2) is 0 Å². The van der Waals surface area contributed by atoms with Gasteiger partial charge in [-0.1, -0.05) is 138 Å². The quantitative estimate of drug-likeness (QED) is 0.0305. The first kappa shape index (κ1) is 65.2. The van der Waals surface area contributed by atoms with Gasteiger partial charge in [-0.15, -0.1) is 0 Å². The van der Waals surface area contributed by atoms with Crippen molar-refractivity contribution in [2.24, 2.45) is 27.4 Å². The van der Waals surface area contributed by atoms with E-state index in [2.05, 4.69) is 165 Å². The SMILES string of the molecule is CC(C)(C)CC(C)(C)c1nc(NCCCCNc2nc(NCCCCNc3nc(C(C)(C)CC(C)(C)C)nc(C(C)(C)CC(C)(C)C)n3)nc(NCCOCCOCCOCCN)n2)nc(C(C)(C)CC(C)(C)C)n1. The van der Waals surface area contributed by atoms with E-state index in [0.29, 0.717) is 109 Å². The van der Waals surface area contributed by atoms with Crippen molar-refractivity contribution in [3.63, 3.8) is 0 Å². The molecule has 0 spiro atoms. The van der Waals surface area contributed by atoms with Crippen LogP contribution in [-0.2, 0) is 35.9 Å². The molecule has 3 aromatic heterocycles. The lowest BCUT2D eigenvalue weighted by atomic mass is 9.74. The standard InChI is InChI=1S/C57H107N15O3/c1-50(2,3)37-54(13,14)41-64-42(55(15,16)38-51(4,5)6)67-45(66-41)59-26-21-23-28-61-47-70-48(72-49(71-47)63-30-32-74-34-36-75-35-33-73-31-25-58)62-29-24-22-27-60-46-68-43(56(17,18)39-52(7,8)9)65-44(69-46)57(19,20)40-53(10,11)12/h21-40,58H2,1-20H3,(H,59,64,66,67)(H,60,65,68,69)(H3,61,62,63,70,71,72). The van der Waals surface area contributed by atoms with E-state index in [1.807, 2.05) is 0 Å². The highest BCUT2D eigenvalue weighted by Gasteiger charge is 2.37. The van der Waals surface area contributed by atoms with Gasteiger partial charge in [0.1, 0.15) is 23.3 Å². The molecule has 0 bridgehead atoms. The molecule has 0 saturated carbocycles. The zero-order valence-corrected chi connectivity index (χ0v) is 51.0. The summed E-state index contributed by atoms with van der Waals surface area (Å²) in [5, 5.41) is 17.3. The smallest absolute Gasteiger partial charge is 0.229 e. The van der Waals surface area contributed by atoms with Crippen LogP contribution in [0.5, 0.6) is 0 Å². The van der Waals surface area contributed by atoms with Crippen LogP contribution in [-0.4, -0.2) is 124 Å². The third-order valence-corrected chi connectivity index (χ3v) is 12.1. The molecular weight excluding hydrogens is 943 g/mol. The van der Waals surface area contributed by atoms with E-state index in [0.717, 1.165) is 74.7 Å². The summed E-state index contributed by atoms with van der Waals surface area (Å²) in [6.07, 6.45) is 7.31. The van der Waals surface area contributed by atoms with Gasteiger partial charge in [-0.05, 0) is 73.0 Å². The van der Waals surface area contributed by atoms with E-state index >= 15 is 0 Å². The van der Waals surface area contributed by atoms with Crippen molar-refractivity contribution in [1.29, 1.82) is 0 Å². The highest BCUT2D eigenvalue weighted by atomic mass is 16.5. The van der Waals surface area contributed by atoms with Gasteiger partial charge in [0.2, 0.25) is 29.7 Å². The lowest BCUT2D eigenvalue weighted by Gasteiger charge is -2.34. The number of nitrogens with two attached hydrogens (primary N) is 1. The molecule has 0 unspecified atom stereocenters. The Balaban J connectivity index is 1.68. The lowest BCUT2D eigenvalue weighted by Crippen LogP contribution is -2.32. The summed E-state index contributed by atoms with van der Waals surface area (Å²) in [4.78, 5) is 44.6. The number of rotatable bonds is 34. The summed E-state index contributed by atoms with van der Waals surface area (Å²) in [6, 6.07) is 0. The van der Waals surface area contributed by atoms with Gasteiger partial charge in [-0.25, -0.2) is 9.97 Å². The molecule has 7 N–H and O–H groups in total. The number of anilines is 5. The highest BCUT2D eigenvalue weighted by molar-refractivity contribution is 5.42. The Morgan fingerprint density at radius 1 is 0.293 bits per heavy atom. The molecule has 0 saturated heterocycles. The van der Waals surface area contributed by atoms with Gasteiger partial charge >= 0.3 is 0 Å². The maximum Gasteiger partial charge on any atom is 0.229 e. The summed E-state index contributed by atoms with van der Waals surface area (Å²) in [5.74, 6) is 6.07. The molecule has 0 atom stereocenters. The summed E-state index contributed by atoms with van der Waals surface area (Å²) in [6.45, 7) is 52.0. The first-order valence-electron chi connectivity index (χ1n) is 28.0. The van der Waals surface area contributed by atoms with Gasteiger partial charge in [-0.2, -0.15) is 34.9 Å². The molecule has 75 heavy (non-hydrogen) atoms. The third kappa shape index (κ3) is 26.2. The van der Waals surface area contributed by atoms with E-state index in [1.165, 1.54) is 0 Å². The lowest BCUT2D eigenvalue weighted by molar-refractivity contribution is 0.0179. The molecule has 428 valence electrons. The topological polar surface area (TPSA) is 230 Å². The second-order valence-corrected chi connectivity index (χ2v) is 28.1. The zero-order chi connectivity index (χ0) is 56.4. The van der Waals surface area contributed by atoms with E-state index in [1.54, 1.807) is 0 Å². The summed E-state index contributed by atoms with van der Waals surface area (Å²) < 4.78 is 16.7. The monoisotopic (exact) mass is 1050 g/mol. The first-order valence-corrected chi connectivity index (χ1v) is 28.0. The molecule has 3 heterocycles. The molecule has 18 heteroatoms. The second-order valence-electron chi connectivity index (χ2n) is 28.1. The van der Waals surface area contributed by atoms with Gasteiger partial charge in [0.05, 0.1) is 39.6 Å². The van der Waals surface area contributed by atoms with Crippen molar-refractivity contribution in [2.75, 3.05) is 105 Å². The van der Waals surface area contributed by atoms with Gasteiger partial charge < -0.3 is 46.5 Å². The Bertz CT molecular complexity index is 1910. The fourth-order valence-electron chi connectivity index (χ4n) is 10.5. The van der Waals surface area contributed by atoms with Crippen LogP contribution in [0, 0.1) is 21.7 Å². The van der Waals surface area contributed by atoms with Crippen molar-refractivity contribution >= 4 is 29.7 Å². The van der Waals surface area contributed by atoms with Crippen molar-refractivity contribution in [2.45, 2.75) is 212 Å². The van der Waals surface area contributed by atoms with Crippen LogP contribution in [0.3, 0.4) is 0 Å². The molecule has 3 rings (SSSR count). The number of hydrogen-bond acceptors (Lipinski definition) is 18. The molecule has 0 aliphatic carbocycles. The Morgan fingerprint density at radius 3 is 0.773 bits per heavy atom. The summed E-state index contributed by atoms with van der Waals surface area (Å²) >= 11 is 0. The largest absolute Gasteiger partial charge is 0.378 e. The average molecular weight is 1050 g/mol. The number of ether oxygens (including phenoxy) is 3. The van der Waals surface area contributed by atoms with Gasteiger partial charge in [0.25, 0.3) is 0 Å². The Kier molecular flexibility index (Phi) is 24.7. The number of nitrogens with zero attached hydrogens (tertiary/aromatic N) is 9. The average Bonchev–Trinajstić information content (AvgIpc) is 3.24. The van der Waals surface area contributed by atoms with Crippen LogP contribution in [0.2, 0.25) is 0 Å². The van der Waals surface area contributed by atoms with Crippen LogP contribution in [0.1, 0.15) is 213 Å². The number of hydrogen-bond donors (Lipinski definition) is 6. The first-order chi connectivity index (χ1) is 34.6. The number of aromatic nitrogens is 9. The van der Waals surface area contributed by atoms with Crippen LogP contribution < -0.4 is 32.3 Å². The molecule has 3 aromatic rings. The fourth-order valence-corrected chi connectivity index (χ4v) is 10.5. The molecule has 0 fully saturated rings. The van der Waals surface area contributed by atoms with E-state index in [-0.39, 0.29) is 43.3 Å². The predicted molar refractivity (Wildman–Crippen MR) is 310 cm³/mol. The summed E-state index contributed by atoms with van der Waals surface area (Å²) in [7, 11) is 0. The molecule has 0 aliphatic rings. The maximum absolute atomic E-state index is 5.79. The molecule has 18 nitrogen and oxygen atoms in total. The van der Waals surface area contributed by atoms with Crippen LogP contribution in [0.4, 0.5) is 29.7 Å². The predicted octanol–water partition coefficient (Wildman–Crippen LogP) is 11.1. The number of nitrogens with one attached hydrogen (secondary N) is 5. The maximum atomic E-state index is 5.79. The molecular formula is C57H107N15O3. The van der Waals surface area contributed by atoms with Crippen LogP contribution >= 0.6 is 0 Å². The normalized spacial score (nSPS) is 13.3. The fraction of sp³-hybridized carbons (Fsp3) is 0.842. The van der Waals surface area contributed by atoms with Crippen LogP contribution in [0.25, 0.3) is 0 Å². The minimum Gasteiger partial charge on any atom is -0.378 e. The third-order valence-electron chi connectivity index (χ3n) is 12.1. The van der Waals surface area contributed by atoms with E-state index < -0.39 is 0 Å². The molecule has 0 amide bonds. The second kappa shape index (κ2) is 28.5. The Morgan fingerprint density at radius 2 is 0.520 bits per heavy atom. The van der Waals surface area contributed by atoms with Crippen molar-refractivity contribution in [1.82, 2.24) is 44.9 Å². The van der Waals surface area contributed by atoms with Crippen molar-refractivity contribution in [3.8, 4) is 0 Å². The van der Waals surface area contributed by atoms with E-state index in [4.69, 9.17) is 64.8 Å². The minimum absolute atomic E-state index is 0.119. The highest BCUT2D eigenvalue weighted by Crippen LogP contribution is 2.40. The van der Waals surface area contributed by atoms with Gasteiger partial charge in [0, 0.05) is 60.9 Å². The van der Waals surface area contributed by atoms with Gasteiger partial charge in [-0.3, -0.25) is 0 Å².